The molecule has 2 heterocycles. The van der Waals surface area contributed by atoms with Crippen molar-refractivity contribution >= 4 is 29.3 Å². The fraction of sp³-hybridized carbons (Fsp3) is 0.333. The van der Waals surface area contributed by atoms with Gasteiger partial charge in [0, 0.05) is 43.9 Å². The van der Waals surface area contributed by atoms with E-state index in [4.69, 9.17) is 16.3 Å². The van der Waals surface area contributed by atoms with Gasteiger partial charge >= 0.3 is 6.18 Å². The summed E-state index contributed by atoms with van der Waals surface area (Å²) >= 11 is 7.51. The Bertz CT molecular complexity index is 1180. The zero-order valence-electron chi connectivity index (χ0n) is 20.2. The van der Waals surface area contributed by atoms with Crippen molar-refractivity contribution in [2.24, 2.45) is 0 Å². The van der Waals surface area contributed by atoms with Crippen molar-refractivity contribution in [1.82, 2.24) is 14.8 Å². The third-order valence-electron chi connectivity index (χ3n) is 6.25. The van der Waals surface area contributed by atoms with Crippen molar-refractivity contribution in [2.45, 2.75) is 23.9 Å². The first-order chi connectivity index (χ1) is 17.7. The van der Waals surface area contributed by atoms with E-state index in [2.05, 4.69) is 9.88 Å². The molecule has 0 unspecified atom stereocenters. The predicted octanol–water partition coefficient (Wildman–Crippen LogP) is 6.19. The molecule has 0 saturated carbocycles. The molecular formula is C27H27ClF3N3O2S. The average molecular weight is 550 g/mol. The van der Waals surface area contributed by atoms with Crippen LogP contribution in [0.25, 0.3) is 0 Å². The molecule has 1 aliphatic heterocycles. The number of pyridine rings is 1. The van der Waals surface area contributed by atoms with E-state index >= 15 is 0 Å². The van der Waals surface area contributed by atoms with Crippen LogP contribution in [0.2, 0.25) is 5.02 Å². The largest absolute Gasteiger partial charge is 0.416 e. The Balaban J connectivity index is 1.39. The van der Waals surface area contributed by atoms with Gasteiger partial charge in [-0.2, -0.15) is 13.2 Å². The molecule has 1 aromatic heterocycles. The Kier molecular flexibility index (Phi) is 9.13. The molecule has 0 aliphatic carbocycles. The number of alkyl halides is 3. The molecule has 0 N–H and O–H groups in total. The SMILES string of the molecule is CSc1ncccc1C(=O)N1CCN(C[C@H](OCc2ccc(C(F)(F)F)cc2)c2ccc(Cl)cc2)CC1. The topological polar surface area (TPSA) is 45.7 Å². The van der Waals surface area contributed by atoms with Gasteiger partial charge in [0.2, 0.25) is 0 Å². The van der Waals surface area contributed by atoms with Gasteiger partial charge in [0.1, 0.15) is 5.03 Å². The van der Waals surface area contributed by atoms with Crippen LogP contribution in [0.15, 0.2) is 71.9 Å². The Hall–Kier alpha value is -2.59. The Morgan fingerprint density at radius 3 is 2.35 bits per heavy atom. The number of rotatable bonds is 8. The molecule has 5 nitrogen and oxygen atoms in total. The Morgan fingerprint density at radius 2 is 1.73 bits per heavy atom. The van der Waals surface area contributed by atoms with E-state index in [1.54, 1.807) is 30.5 Å². The number of aromatic nitrogens is 1. The minimum atomic E-state index is -4.37. The number of hydrogen-bond acceptors (Lipinski definition) is 5. The molecule has 4 rings (SSSR count). The first-order valence-electron chi connectivity index (χ1n) is 11.8. The van der Waals surface area contributed by atoms with Gasteiger partial charge in [-0.15, -0.1) is 11.8 Å². The number of hydrogen-bond donors (Lipinski definition) is 0. The number of nitrogens with zero attached hydrogens (tertiary/aromatic N) is 3. The zero-order valence-corrected chi connectivity index (χ0v) is 21.8. The Morgan fingerprint density at radius 1 is 1.05 bits per heavy atom. The highest BCUT2D eigenvalue weighted by atomic mass is 35.5. The van der Waals surface area contributed by atoms with Crippen molar-refractivity contribution in [3.63, 3.8) is 0 Å². The molecular weight excluding hydrogens is 523 g/mol. The molecule has 0 bridgehead atoms. The molecule has 1 aliphatic rings. The third-order valence-corrected chi connectivity index (χ3v) is 7.22. The number of halogens is 4. The Labute approximate surface area is 223 Å². The van der Waals surface area contributed by atoms with Crippen molar-refractivity contribution < 1.29 is 22.7 Å². The van der Waals surface area contributed by atoms with E-state index in [-0.39, 0.29) is 18.6 Å². The molecule has 1 fully saturated rings. The summed E-state index contributed by atoms with van der Waals surface area (Å²) in [6, 6.07) is 16.0. The number of amides is 1. The molecule has 1 amide bonds. The van der Waals surface area contributed by atoms with E-state index in [1.807, 2.05) is 23.3 Å². The highest BCUT2D eigenvalue weighted by molar-refractivity contribution is 7.98. The van der Waals surface area contributed by atoms with Gasteiger partial charge in [-0.1, -0.05) is 35.9 Å². The van der Waals surface area contributed by atoms with Crippen LogP contribution in [0, 0.1) is 0 Å². The van der Waals surface area contributed by atoms with Crippen LogP contribution in [0.1, 0.15) is 33.2 Å². The lowest BCUT2D eigenvalue weighted by atomic mass is 10.1. The van der Waals surface area contributed by atoms with Crippen LogP contribution in [-0.4, -0.2) is 59.7 Å². The van der Waals surface area contributed by atoms with Crippen molar-refractivity contribution in [1.29, 1.82) is 0 Å². The minimum absolute atomic E-state index is 0.0232. The van der Waals surface area contributed by atoms with E-state index in [0.29, 0.717) is 48.9 Å². The maximum Gasteiger partial charge on any atom is 0.416 e. The summed E-state index contributed by atoms with van der Waals surface area (Å²) in [5.74, 6) is -0.0232. The first-order valence-corrected chi connectivity index (χ1v) is 13.4. The van der Waals surface area contributed by atoms with E-state index in [9.17, 15) is 18.0 Å². The van der Waals surface area contributed by atoms with Crippen LogP contribution in [0.4, 0.5) is 13.2 Å². The normalized spacial score (nSPS) is 15.5. The average Bonchev–Trinajstić information content (AvgIpc) is 2.91. The standard InChI is InChI=1S/C27H27ClF3N3O2S/c1-37-25-23(3-2-12-32-25)26(35)34-15-13-33(14-16-34)17-24(20-6-10-22(28)11-7-20)36-18-19-4-8-21(9-5-19)27(29,30)31/h2-12,24H,13-18H2,1H3/t24-/m0/s1. The number of benzene rings is 2. The van der Waals surface area contributed by atoms with Gasteiger partial charge < -0.3 is 9.64 Å². The lowest BCUT2D eigenvalue weighted by molar-refractivity contribution is -0.137. The molecule has 0 spiro atoms. The first kappa shape index (κ1) is 27.4. The quantitative estimate of drug-likeness (QED) is 0.313. The second-order valence-electron chi connectivity index (χ2n) is 8.70. The van der Waals surface area contributed by atoms with Gasteiger partial charge in [0.15, 0.2) is 0 Å². The van der Waals surface area contributed by atoms with E-state index < -0.39 is 11.7 Å². The summed E-state index contributed by atoms with van der Waals surface area (Å²) in [7, 11) is 0. The van der Waals surface area contributed by atoms with Crippen molar-refractivity contribution in [2.75, 3.05) is 39.0 Å². The fourth-order valence-corrected chi connectivity index (χ4v) is 4.84. The summed E-state index contributed by atoms with van der Waals surface area (Å²) in [6.07, 6.45) is -1.10. The number of piperazine rings is 1. The summed E-state index contributed by atoms with van der Waals surface area (Å²) in [5.41, 5.74) is 1.51. The maximum absolute atomic E-state index is 13.1. The molecule has 1 saturated heterocycles. The molecule has 1 atom stereocenters. The van der Waals surface area contributed by atoms with Gasteiger partial charge in [-0.3, -0.25) is 9.69 Å². The van der Waals surface area contributed by atoms with Crippen LogP contribution in [0.3, 0.4) is 0 Å². The highest BCUT2D eigenvalue weighted by Gasteiger charge is 2.30. The highest BCUT2D eigenvalue weighted by Crippen LogP contribution is 2.30. The third kappa shape index (κ3) is 7.25. The van der Waals surface area contributed by atoms with Crippen LogP contribution in [-0.2, 0) is 17.5 Å². The molecule has 0 radical (unpaired) electrons. The van der Waals surface area contributed by atoms with Crippen LogP contribution < -0.4 is 0 Å². The number of ether oxygens (including phenoxy) is 1. The monoisotopic (exact) mass is 549 g/mol. The number of carbonyl (C=O) groups is 1. The summed E-state index contributed by atoms with van der Waals surface area (Å²) in [5, 5.41) is 1.33. The van der Waals surface area contributed by atoms with Gasteiger partial charge in [-0.25, -0.2) is 4.98 Å². The van der Waals surface area contributed by atoms with Gasteiger partial charge in [0.25, 0.3) is 5.91 Å². The molecule has 196 valence electrons. The molecule has 10 heteroatoms. The van der Waals surface area contributed by atoms with Crippen LogP contribution >= 0.6 is 23.4 Å². The summed E-state index contributed by atoms with van der Waals surface area (Å²) in [6.45, 7) is 3.25. The summed E-state index contributed by atoms with van der Waals surface area (Å²) < 4.78 is 44.8. The number of carbonyl (C=O) groups excluding carboxylic acids is 1. The lowest BCUT2D eigenvalue weighted by Gasteiger charge is -2.36. The van der Waals surface area contributed by atoms with E-state index in [0.717, 1.165) is 22.7 Å². The van der Waals surface area contributed by atoms with Crippen molar-refractivity contribution in [3.8, 4) is 0 Å². The van der Waals surface area contributed by atoms with Gasteiger partial charge in [0.05, 0.1) is 23.8 Å². The second-order valence-corrected chi connectivity index (χ2v) is 9.93. The summed E-state index contributed by atoms with van der Waals surface area (Å²) in [4.78, 5) is 21.4. The smallest absolute Gasteiger partial charge is 0.368 e. The maximum atomic E-state index is 13.1. The molecule has 3 aromatic rings. The lowest BCUT2D eigenvalue weighted by Crippen LogP contribution is -2.49. The van der Waals surface area contributed by atoms with Crippen molar-refractivity contribution in [3.05, 3.63) is 94.1 Å². The van der Waals surface area contributed by atoms with Gasteiger partial charge in [-0.05, 0) is 53.8 Å². The molecule has 2 aromatic carbocycles. The van der Waals surface area contributed by atoms with Crippen LogP contribution in [0.5, 0.6) is 0 Å². The van der Waals surface area contributed by atoms with E-state index in [1.165, 1.54) is 23.9 Å². The molecule has 37 heavy (non-hydrogen) atoms. The minimum Gasteiger partial charge on any atom is -0.368 e. The fourth-order valence-electron chi connectivity index (χ4n) is 4.17. The second kappa shape index (κ2) is 12.3. The number of thioether (sulfide) groups is 1. The predicted molar refractivity (Wildman–Crippen MR) is 139 cm³/mol. The zero-order chi connectivity index (χ0) is 26.4.